The predicted octanol–water partition coefficient (Wildman–Crippen LogP) is 17.2. The summed E-state index contributed by atoms with van der Waals surface area (Å²) in [5.41, 5.74) is 1.72. The fourth-order valence-electron chi connectivity index (χ4n) is 9.86. The van der Waals surface area contributed by atoms with Gasteiger partial charge in [-0.1, -0.05) is 124 Å². The van der Waals surface area contributed by atoms with Crippen LogP contribution in [-0.4, -0.2) is 148 Å². The summed E-state index contributed by atoms with van der Waals surface area (Å²) in [5.74, 6) is -2.25. The largest absolute Gasteiger partial charge is 0.514 e. The van der Waals surface area contributed by atoms with Gasteiger partial charge in [0.05, 0.1) is 0 Å². The molecule has 0 atom stereocenters. The Hall–Kier alpha value is -14.2. The summed E-state index contributed by atoms with van der Waals surface area (Å²) in [6.07, 6.45) is 0.454. The zero-order valence-corrected chi connectivity index (χ0v) is 67.1. The van der Waals surface area contributed by atoms with Crippen LogP contribution >= 0.6 is 0 Å². The summed E-state index contributed by atoms with van der Waals surface area (Å²) in [5, 5.41) is 17.8. The second-order valence-electron chi connectivity index (χ2n) is 27.7. The van der Waals surface area contributed by atoms with Gasteiger partial charge in [0.15, 0.2) is 75.5 Å². The molecular formula is C92H90O26. The molecule has 0 unspecified atom stereocenters. The first kappa shape index (κ1) is 92.6. The zero-order valence-electron chi connectivity index (χ0n) is 67.1. The number of fused-ring (bicyclic) bond motifs is 5. The van der Waals surface area contributed by atoms with Crippen molar-refractivity contribution < 1.29 is 124 Å². The predicted molar refractivity (Wildman–Crippen MR) is 441 cm³/mol. The van der Waals surface area contributed by atoms with Gasteiger partial charge in [-0.3, -0.25) is 24.0 Å². The summed E-state index contributed by atoms with van der Waals surface area (Å²) < 4.78 is 65.0. The number of aromatic hydroxyl groups is 1. The molecule has 26 nitrogen and oxygen atoms in total. The fraction of sp³-hybridized carbons (Fsp3) is 0.217. The average Bonchev–Trinajstić information content (AvgIpc) is 0.843. The van der Waals surface area contributed by atoms with Gasteiger partial charge in [0.2, 0.25) is 0 Å². The van der Waals surface area contributed by atoms with Crippen LogP contribution in [0.25, 0.3) is 53.9 Å². The van der Waals surface area contributed by atoms with Gasteiger partial charge in [0.25, 0.3) is 0 Å². The Bertz CT molecular complexity index is 5480. The summed E-state index contributed by atoms with van der Waals surface area (Å²) in [6.45, 7) is 30.7. The van der Waals surface area contributed by atoms with Crippen molar-refractivity contribution in [2.75, 3.05) is 60.8 Å². The highest BCUT2D eigenvalue weighted by Crippen LogP contribution is 2.29. The molecule has 0 aliphatic heterocycles. The lowest BCUT2D eigenvalue weighted by molar-refractivity contribution is -0.138. The number of benzene rings is 10. The van der Waals surface area contributed by atoms with Gasteiger partial charge >= 0.3 is 42.2 Å². The summed E-state index contributed by atoms with van der Waals surface area (Å²) in [6, 6.07) is 51.6. The van der Waals surface area contributed by atoms with Gasteiger partial charge in [0, 0.05) is 70.9 Å². The van der Waals surface area contributed by atoms with Crippen LogP contribution in [-0.2, 0) is 66.6 Å². The van der Waals surface area contributed by atoms with Gasteiger partial charge in [-0.25, -0.2) is 33.6 Å². The zero-order chi connectivity index (χ0) is 87.0. The fourth-order valence-corrected chi connectivity index (χ4v) is 9.86. The lowest BCUT2D eigenvalue weighted by Gasteiger charge is -2.18. The molecule has 1 N–H and O–H groups in total. The Balaban J connectivity index is 0.000000230. The van der Waals surface area contributed by atoms with Crippen LogP contribution in [0.4, 0.5) is 9.59 Å². The average molecular weight is 1610 g/mol. The first-order valence-electron chi connectivity index (χ1n) is 36.0. The Kier molecular flexibility index (Phi) is 34.9. The van der Waals surface area contributed by atoms with Crippen molar-refractivity contribution in [3.05, 3.63) is 272 Å². The van der Waals surface area contributed by atoms with Crippen molar-refractivity contribution in [3.8, 4) is 28.7 Å². The third kappa shape index (κ3) is 30.9. The third-order valence-corrected chi connectivity index (χ3v) is 15.6. The lowest BCUT2D eigenvalue weighted by Crippen LogP contribution is -2.25. The first-order chi connectivity index (χ1) is 55.8. The van der Waals surface area contributed by atoms with E-state index in [0.717, 1.165) is 66.0 Å². The third-order valence-electron chi connectivity index (χ3n) is 15.6. The highest BCUT2D eigenvalue weighted by Gasteiger charge is 2.22. The van der Waals surface area contributed by atoms with Crippen molar-refractivity contribution in [2.45, 2.75) is 73.5 Å². The molecule has 118 heavy (non-hydrogen) atoms. The minimum Gasteiger partial charge on any atom is -0.508 e. The SMILES string of the molecule is C=C(C)C(=O)OCC(=O)c1ccc2cc(O)ccc2c1.C=C(C)C(=O)OCC(=O)c1ccc2cc(OC(=O)OC(C)(C)C)ccc2c1.C=C(C)C(=O)OCC(=O)c1ccc2cc(OCOC)ccc2c1.C=CC(=O)OCC(=O)c1ccc2cc(OC(=O)OC(C)(C)C)ccc2c1.C=CC(=O)OCC(=O)c1ccc2cc(OCOC)ccc2c1. The highest BCUT2D eigenvalue weighted by molar-refractivity contribution is 6.06. The minimum absolute atomic E-state index is 0.173. The van der Waals surface area contributed by atoms with Gasteiger partial charge in [-0.2, -0.15) is 0 Å². The van der Waals surface area contributed by atoms with E-state index in [9.17, 15) is 62.6 Å². The number of esters is 5. The van der Waals surface area contributed by atoms with E-state index >= 15 is 0 Å². The van der Waals surface area contributed by atoms with E-state index in [1.165, 1.54) is 20.8 Å². The maximum absolute atomic E-state index is 12.2. The molecule has 0 aromatic heterocycles. The highest BCUT2D eigenvalue weighted by atomic mass is 16.7. The van der Waals surface area contributed by atoms with Crippen LogP contribution in [0.2, 0.25) is 0 Å². The smallest absolute Gasteiger partial charge is 0.508 e. The van der Waals surface area contributed by atoms with Gasteiger partial charge in [0.1, 0.15) is 39.9 Å². The van der Waals surface area contributed by atoms with Crippen LogP contribution in [0.1, 0.15) is 114 Å². The molecule has 26 heteroatoms. The van der Waals surface area contributed by atoms with Crippen molar-refractivity contribution in [3.63, 3.8) is 0 Å². The molecule has 0 bridgehead atoms. The molecule has 614 valence electrons. The van der Waals surface area contributed by atoms with Gasteiger partial charge in [-0.05, 0) is 207 Å². The van der Waals surface area contributed by atoms with Crippen molar-refractivity contribution >= 4 is 125 Å². The lowest BCUT2D eigenvalue weighted by atomic mass is 10.0. The van der Waals surface area contributed by atoms with E-state index in [2.05, 4.69) is 32.9 Å². The first-order valence-corrected chi connectivity index (χ1v) is 36.0. The number of hydrogen-bond acceptors (Lipinski definition) is 26. The Morgan fingerprint density at radius 1 is 0.322 bits per heavy atom. The Morgan fingerprint density at radius 3 is 0.805 bits per heavy atom. The number of carbonyl (C=O) groups excluding carboxylic acids is 12. The normalized spacial score (nSPS) is 10.6. The molecule has 0 aliphatic carbocycles. The summed E-state index contributed by atoms with van der Waals surface area (Å²) >= 11 is 0. The molecule has 10 rings (SSSR count). The number of phenolic OH excluding ortho intramolecular Hbond substituents is 1. The van der Waals surface area contributed by atoms with Crippen LogP contribution in [0.15, 0.2) is 244 Å². The number of methoxy groups -OCH3 is 2. The van der Waals surface area contributed by atoms with Crippen molar-refractivity contribution in [2.24, 2.45) is 0 Å². The Labute approximate surface area is 680 Å². The maximum atomic E-state index is 12.2. The molecule has 0 spiro atoms. The quantitative estimate of drug-likeness (QED) is 0.0119. The minimum atomic E-state index is -0.785. The van der Waals surface area contributed by atoms with E-state index in [1.807, 2.05) is 36.4 Å². The molecule has 10 aromatic carbocycles. The van der Waals surface area contributed by atoms with E-state index < -0.39 is 53.4 Å². The number of Topliss-reactive ketones (excluding diaryl/α,β-unsaturated/α-hetero) is 5. The van der Waals surface area contributed by atoms with Crippen LogP contribution in [0.3, 0.4) is 0 Å². The monoisotopic (exact) mass is 1610 g/mol. The number of rotatable bonds is 28. The van der Waals surface area contributed by atoms with Crippen molar-refractivity contribution in [1.29, 1.82) is 0 Å². The van der Waals surface area contributed by atoms with Crippen LogP contribution < -0.4 is 18.9 Å². The number of phenols is 1. The van der Waals surface area contributed by atoms with E-state index in [4.69, 9.17) is 61.6 Å². The molecule has 0 saturated heterocycles. The van der Waals surface area contributed by atoms with Crippen LogP contribution in [0, 0.1) is 0 Å². The topological polar surface area (TPSA) is 345 Å². The molecular weight excluding hydrogens is 1520 g/mol. The summed E-state index contributed by atoms with van der Waals surface area (Å²) in [7, 11) is 3.11. The number of ether oxygens (including phenoxy) is 13. The molecule has 0 radical (unpaired) electrons. The maximum Gasteiger partial charge on any atom is 0.514 e. The molecule has 0 heterocycles. The number of carbonyl (C=O) groups is 12. The summed E-state index contributed by atoms with van der Waals surface area (Å²) in [4.78, 5) is 140. The molecule has 0 amide bonds. The van der Waals surface area contributed by atoms with E-state index in [-0.39, 0.29) is 98.0 Å². The van der Waals surface area contributed by atoms with E-state index in [1.54, 1.807) is 201 Å². The molecule has 10 aromatic rings. The van der Waals surface area contributed by atoms with Crippen LogP contribution in [0.5, 0.6) is 28.7 Å². The second-order valence-corrected chi connectivity index (χ2v) is 27.7. The van der Waals surface area contributed by atoms with Crippen molar-refractivity contribution in [1.82, 2.24) is 0 Å². The molecule has 0 saturated carbocycles. The molecule has 0 aliphatic rings. The number of hydrogen-bond donors (Lipinski definition) is 1. The van der Waals surface area contributed by atoms with Gasteiger partial charge < -0.3 is 66.7 Å². The van der Waals surface area contributed by atoms with E-state index in [0.29, 0.717) is 50.8 Å². The standard InChI is InChI=1S/C21H22O6.C20H20O6.C18H18O5.C17H16O5.C16H14O4/c1-13(2)19(23)25-12-18(22)16-7-6-15-11-17(9-8-14(15)10-16)26-20(24)27-21(3,4)5;1-5-18(22)24-12-17(21)15-7-6-14-11-16(9-8-13(14)10-15)25-19(23)26-20(2,3)4;1-12(2)18(20)22-10-17(19)15-5-4-14-9-16(23-11-21-3)7-6-13(14)8-15;1-3-17(19)21-10-16(18)14-5-4-13-9-15(22-11-20-2)7-6-12(13)8-14;1-10(2)16(19)20-9-15(18)13-4-3-12-8-14(17)6-5-11(12)7-13/h6-11H,1,12H2,2-5H3;5-11H,1,12H2,2-4H3;4-9H,1,10-11H2,2-3H3;3-9H,1,10-11H2,2H3;3-8,17H,1,9H2,2H3. The molecule has 0 fully saturated rings. The van der Waals surface area contributed by atoms with Gasteiger partial charge in [-0.15, -0.1) is 0 Å². The second kappa shape index (κ2) is 44.4. The Morgan fingerprint density at radius 2 is 0.551 bits per heavy atom. The number of ketones is 5.